The van der Waals surface area contributed by atoms with E-state index in [4.69, 9.17) is 23.2 Å². The minimum atomic E-state index is 0.00298. The summed E-state index contributed by atoms with van der Waals surface area (Å²) in [4.78, 5) is 12.4. The van der Waals surface area contributed by atoms with Crippen LogP contribution in [0.4, 0.5) is 0 Å². The molecule has 0 saturated carbocycles. The molecule has 1 heterocycles. The number of hydrogen-bond acceptors (Lipinski definition) is 2. The Balaban J connectivity index is 2.28. The summed E-state index contributed by atoms with van der Waals surface area (Å²) in [5, 5.41) is 5.30. The summed E-state index contributed by atoms with van der Waals surface area (Å²) in [6.45, 7) is 4.66. The van der Waals surface area contributed by atoms with Crippen molar-refractivity contribution in [2.24, 2.45) is 0 Å². The molecule has 0 bridgehead atoms. The number of ketones is 1. The van der Waals surface area contributed by atoms with Crippen LogP contribution in [0.2, 0.25) is 10.0 Å². The van der Waals surface area contributed by atoms with E-state index in [0.717, 1.165) is 17.7 Å². The number of hydrogen-bond donors (Lipinski definition) is 0. The third-order valence-electron chi connectivity index (χ3n) is 3.16. The largest absolute Gasteiger partial charge is 0.292 e. The summed E-state index contributed by atoms with van der Waals surface area (Å²) < 4.78 is 1.74. The van der Waals surface area contributed by atoms with E-state index >= 15 is 0 Å². The molecule has 2 rings (SSSR count). The lowest BCUT2D eigenvalue weighted by Crippen LogP contribution is -2.12. The van der Waals surface area contributed by atoms with Crippen LogP contribution < -0.4 is 0 Å². The number of carbonyl (C=O) groups excluding carboxylic acids is 1. The second-order valence-corrected chi connectivity index (χ2v) is 5.29. The van der Waals surface area contributed by atoms with Crippen LogP contribution >= 0.6 is 23.2 Å². The van der Waals surface area contributed by atoms with Gasteiger partial charge in [0.15, 0.2) is 5.78 Å². The molecule has 20 heavy (non-hydrogen) atoms. The Morgan fingerprint density at radius 1 is 1.30 bits per heavy atom. The van der Waals surface area contributed by atoms with E-state index in [-0.39, 0.29) is 12.2 Å². The Morgan fingerprint density at radius 2 is 2.05 bits per heavy atom. The van der Waals surface area contributed by atoms with Crippen LogP contribution in [0.1, 0.15) is 35.6 Å². The predicted molar refractivity (Wildman–Crippen MR) is 81.8 cm³/mol. The molecule has 0 fully saturated rings. The molecule has 0 spiro atoms. The van der Waals surface area contributed by atoms with Gasteiger partial charge in [-0.25, -0.2) is 0 Å². The van der Waals surface area contributed by atoms with Gasteiger partial charge in [0.05, 0.1) is 15.7 Å². The highest BCUT2D eigenvalue weighted by Gasteiger charge is 2.16. The van der Waals surface area contributed by atoms with Gasteiger partial charge in [0.1, 0.15) is 5.69 Å². The molecule has 0 aliphatic carbocycles. The molecular weight excluding hydrogens is 295 g/mol. The zero-order valence-corrected chi connectivity index (χ0v) is 13.0. The van der Waals surface area contributed by atoms with Crippen LogP contribution in [0.3, 0.4) is 0 Å². The van der Waals surface area contributed by atoms with E-state index in [0.29, 0.717) is 22.3 Å². The predicted octanol–water partition coefficient (Wildman–Crippen LogP) is 4.20. The van der Waals surface area contributed by atoms with E-state index in [1.165, 1.54) is 0 Å². The molecule has 1 aromatic heterocycles. The van der Waals surface area contributed by atoms with Gasteiger partial charge < -0.3 is 0 Å². The van der Waals surface area contributed by atoms with Crippen LogP contribution in [0.25, 0.3) is 0 Å². The Labute approximate surface area is 128 Å². The van der Waals surface area contributed by atoms with Gasteiger partial charge in [-0.1, -0.05) is 42.3 Å². The summed E-state index contributed by atoms with van der Waals surface area (Å²) >= 11 is 12.1. The van der Waals surface area contributed by atoms with Crippen LogP contribution in [0, 0.1) is 0 Å². The molecule has 0 radical (unpaired) electrons. The summed E-state index contributed by atoms with van der Waals surface area (Å²) in [6.07, 6.45) is 1.04. The number of halogens is 2. The van der Waals surface area contributed by atoms with Crippen molar-refractivity contribution in [2.45, 2.75) is 33.2 Å². The smallest absolute Gasteiger partial charge is 0.185 e. The number of aryl methyl sites for hydroxylation is 2. The fraction of sp³-hybridized carbons (Fsp3) is 0.333. The molecule has 0 unspecified atom stereocenters. The van der Waals surface area contributed by atoms with Crippen LogP contribution in [0.15, 0.2) is 24.3 Å². The molecule has 3 nitrogen and oxygen atoms in total. The maximum atomic E-state index is 12.4. The minimum Gasteiger partial charge on any atom is -0.292 e. The minimum absolute atomic E-state index is 0.00298. The lowest BCUT2D eigenvalue weighted by atomic mass is 10.1. The normalized spacial score (nSPS) is 10.8. The van der Waals surface area contributed by atoms with Crippen LogP contribution in [-0.4, -0.2) is 15.6 Å². The Bertz CT molecular complexity index is 635. The number of benzene rings is 1. The van der Waals surface area contributed by atoms with Crippen LogP contribution in [0.5, 0.6) is 0 Å². The van der Waals surface area contributed by atoms with E-state index in [9.17, 15) is 4.79 Å². The topological polar surface area (TPSA) is 34.9 Å². The van der Waals surface area contributed by atoms with Crippen molar-refractivity contribution < 1.29 is 4.79 Å². The molecule has 0 aliphatic rings. The summed E-state index contributed by atoms with van der Waals surface area (Å²) in [5.41, 5.74) is 2.29. The van der Waals surface area contributed by atoms with Gasteiger partial charge in [0.25, 0.3) is 0 Å². The van der Waals surface area contributed by atoms with Gasteiger partial charge in [-0.2, -0.15) is 5.10 Å². The van der Waals surface area contributed by atoms with Crippen molar-refractivity contribution >= 4 is 29.0 Å². The first-order valence-corrected chi connectivity index (χ1v) is 7.35. The fourth-order valence-electron chi connectivity index (χ4n) is 2.06. The van der Waals surface area contributed by atoms with E-state index in [1.807, 2.05) is 26.0 Å². The summed E-state index contributed by atoms with van der Waals surface area (Å²) in [7, 11) is 0. The number of aromatic nitrogens is 2. The SMILES string of the molecule is CCc1cc(C(=O)Cc2cccc(Cl)c2Cl)n(CC)n1. The van der Waals surface area contributed by atoms with Crippen molar-refractivity contribution in [1.29, 1.82) is 0 Å². The lowest BCUT2D eigenvalue weighted by molar-refractivity contribution is 0.0983. The maximum absolute atomic E-state index is 12.4. The number of rotatable bonds is 5. The Morgan fingerprint density at radius 3 is 2.70 bits per heavy atom. The van der Waals surface area contributed by atoms with Gasteiger partial charge in [0, 0.05) is 13.0 Å². The molecule has 5 heteroatoms. The average molecular weight is 311 g/mol. The second kappa shape index (κ2) is 6.42. The highest BCUT2D eigenvalue weighted by molar-refractivity contribution is 6.42. The fourth-order valence-corrected chi connectivity index (χ4v) is 2.44. The molecule has 2 aromatic rings. The third-order valence-corrected chi connectivity index (χ3v) is 4.02. The van der Waals surface area contributed by atoms with E-state index in [1.54, 1.807) is 16.8 Å². The number of carbonyl (C=O) groups is 1. The van der Waals surface area contributed by atoms with E-state index < -0.39 is 0 Å². The van der Waals surface area contributed by atoms with Gasteiger partial charge >= 0.3 is 0 Å². The molecule has 1 aromatic carbocycles. The Hall–Kier alpha value is -1.32. The van der Waals surface area contributed by atoms with Crippen molar-refractivity contribution in [1.82, 2.24) is 9.78 Å². The first-order valence-electron chi connectivity index (χ1n) is 6.59. The van der Waals surface area contributed by atoms with Gasteiger partial charge in [-0.15, -0.1) is 0 Å². The molecule has 0 amide bonds. The molecular formula is C15H16Cl2N2O. The maximum Gasteiger partial charge on any atom is 0.185 e. The molecule has 0 aliphatic heterocycles. The van der Waals surface area contributed by atoms with Crippen molar-refractivity contribution in [3.05, 3.63) is 51.3 Å². The zero-order valence-electron chi connectivity index (χ0n) is 11.5. The summed E-state index contributed by atoms with van der Waals surface area (Å²) in [6, 6.07) is 7.18. The third kappa shape index (κ3) is 3.05. The lowest BCUT2D eigenvalue weighted by Gasteiger charge is -2.06. The van der Waals surface area contributed by atoms with Crippen LogP contribution in [-0.2, 0) is 19.4 Å². The van der Waals surface area contributed by atoms with E-state index in [2.05, 4.69) is 5.10 Å². The number of Topliss-reactive ketones (excluding diaryl/α,β-unsaturated/α-hetero) is 1. The first-order chi connectivity index (χ1) is 9.56. The van der Waals surface area contributed by atoms with Gasteiger partial charge in [-0.05, 0) is 31.0 Å². The average Bonchev–Trinajstić information content (AvgIpc) is 2.87. The quantitative estimate of drug-likeness (QED) is 0.776. The highest BCUT2D eigenvalue weighted by atomic mass is 35.5. The van der Waals surface area contributed by atoms with Crippen molar-refractivity contribution in [2.75, 3.05) is 0 Å². The van der Waals surface area contributed by atoms with Crippen molar-refractivity contribution in [3.8, 4) is 0 Å². The second-order valence-electron chi connectivity index (χ2n) is 4.50. The Kier molecular flexibility index (Phi) is 4.84. The van der Waals surface area contributed by atoms with Gasteiger partial charge in [-0.3, -0.25) is 9.48 Å². The first kappa shape index (κ1) is 15.1. The standard InChI is InChI=1S/C15H16Cl2N2O/c1-3-11-9-13(19(4-2)18-11)14(20)8-10-6-5-7-12(16)15(10)17/h5-7,9H,3-4,8H2,1-2H3. The molecule has 0 N–H and O–H groups in total. The molecule has 0 saturated heterocycles. The molecule has 106 valence electrons. The summed E-state index contributed by atoms with van der Waals surface area (Å²) in [5.74, 6) is 0.00298. The van der Waals surface area contributed by atoms with Gasteiger partial charge in [0.2, 0.25) is 0 Å². The van der Waals surface area contributed by atoms with Crippen molar-refractivity contribution in [3.63, 3.8) is 0 Å². The highest BCUT2D eigenvalue weighted by Crippen LogP contribution is 2.26. The molecule has 0 atom stereocenters. The number of nitrogens with zero attached hydrogens (tertiary/aromatic N) is 2. The zero-order chi connectivity index (χ0) is 14.7. The monoisotopic (exact) mass is 310 g/mol.